The zero-order valence-electron chi connectivity index (χ0n) is 11.3. The molecule has 0 aromatic heterocycles. The fourth-order valence-electron chi connectivity index (χ4n) is 1.81. The Bertz CT molecular complexity index is 776. The van der Waals surface area contributed by atoms with E-state index in [1.165, 1.54) is 24.3 Å². The number of nitrogens with zero attached hydrogens (tertiary/aromatic N) is 1. The summed E-state index contributed by atoms with van der Waals surface area (Å²) >= 11 is 5.86. The number of benzene rings is 2. The van der Waals surface area contributed by atoms with Crippen LogP contribution in [-0.4, -0.2) is 15.5 Å². The Kier molecular flexibility index (Phi) is 4.39. The lowest BCUT2D eigenvalue weighted by molar-refractivity contribution is -0.137. The SMILES string of the molecule is CN(c1cc(C(F)(F)F)ccc1Cl)S(=O)(=O)c1ccccc1. The van der Waals surface area contributed by atoms with Gasteiger partial charge in [-0.3, -0.25) is 4.31 Å². The minimum absolute atomic E-state index is 0.0361. The summed E-state index contributed by atoms with van der Waals surface area (Å²) in [6.07, 6.45) is -4.59. The number of halogens is 4. The van der Waals surface area contributed by atoms with Gasteiger partial charge in [-0.1, -0.05) is 29.8 Å². The number of alkyl halides is 3. The van der Waals surface area contributed by atoms with Gasteiger partial charge >= 0.3 is 6.18 Å². The van der Waals surface area contributed by atoms with Gasteiger partial charge in [-0.2, -0.15) is 13.2 Å². The van der Waals surface area contributed by atoms with Gasteiger partial charge in [0.2, 0.25) is 0 Å². The minimum atomic E-state index is -4.59. The van der Waals surface area contributed by atoms with Gasteiger partial charge in [0.05, 0.1) is 21.2 Å². The number of hydrogen-bond acceptors (Lipinski definition) is 2. The van der Waals surface area contributed by atoms with Crippen LogP contribution in [0.15, 0.2) is 53.4 Å². The van der Waals surface area contributed by atoms with E-state index in [2.05, 4.69) is 0 Å². The standard InChI is InChI=1S/C14H11ClF3NO2S/c1-19(22(20,21)11-5-3-2-4-6-11)13-9-10(14(16,17)18)7-8-12(13)15/h2-9H,1H3. The van der Waals surface area contributed by atoms with Crippen molar-refractivity contribution in [3.63, 3.8) is 0 Å². The highest BCUT2D eigenvalue weighted by molar-refractivity contribution is 7.92. The molecule has 0 radical (unpaired) electrons. The van der Waals surface area contributed by atoms with Crippen LogP contribution in [0.5, 0.6) is 0 Å². The van der Waals surface area contributed by atoms with E-state index in [1.54, 1.807) is 6.07 Å². The second-order valence-corrected chi connectivity index (χ2v) is 6.83. The lowest BCUT2D eigenvalue weighted by Crippen LogP contribution is -2.27. The highest BCUT2D eigenvalue weighted by atomic mass is 35.5. The van der Waals surface area contributed by atoms with Crippen molar-refractivity contribution >= 4 is 27.3 Å². The van der Waals surface area contributed by atoms with Gasteiger partial charge in [0.15, 0.2) is 0 Å². The van der Waals surface area contributed by atoms with Crippen molar-refractivity contribution in [3.05, 3.63) is 59.1 Å². The van der Waals surface area contributed by atoms with E-state index in [1.807, 2.05) is 0 Å². The summed E-state index contributed by atoms with van der Waals surface area (Å²) in [6.45, 7) is 0. The predicted octanol–water partition coefficient (Wildman–Crippen LogP) is 4.18. The molecule has 0 amide bonds. The summed E-state index contributed by atoms with van der Waals surface area (Å²) in [6, 6.07) is 9.92. The predicted molar refractivity (Wildman–Crippen MR) is 78.5 cm³/mol. The van der Waals surface area contributed by atoms with E-state index in [4.69, 9.17) is 11.6 Å². The average Bonchev–Trinajstić information content (AvgIpc) is 2.46. The Morgan fingerprint density at radius 3 is 2.18 bits per heavy atom. The molecule has 0 aliphatic rings. The van der Waals surface area contributed by atoms with Gasteiger partial charge < -0.3 is 0 Å². The first-order valence-electron chi connectivity index (χ1n) is 6.05. The third kappa shape index (κ3) is 3.20. The molecule has 0 unspecified atom stereocenters. The summed E-state index contributed by atoms with van der Waals surface area (Å²) < 4.78 is 63.9. The fraction of sp³-hybridized carbons (Fsp3) is 0.143. The quantitative estimate of drug-likeness (QED) is 0.833. The van der Waals surface area contributed by atoms with E-state index in [9.17, 15) is 21.6 Å². The summed E-state index contributed by atoms with van der Waals surface area (Å²) in [5.41, 5.74) is -1.21. The molecule has 2 aromatic rings. The summed E-state index contributed by atoms with van der Waals surface area (Å²) in [7, 11) is -2.84. The molecule has 0 saturated heterocycles. The third-order valence-corrected chi connectivity index (χ3v) is 5.12. The molecule has 2 aromatic carbocycles. The van der Waals surface area contributed by atoms with Crippen molar-refractivity contribution in [2.24, 2.45) is 0 Å². The topological polar surface area (TPSA) is 37.4 Å². The van der Waals surface area contributed by atoms with Crippen LogP contribution in [0.2, 0.25) is 5.02 Å². The van der Waals surface area contributed by atoms with Crippen molar-refractivity contribution in [2.75, 3.05) is 11.4 Å². The van der Waals surface area contributed by atoms with Gasteiger partial charge in [-0.25, -0.2) is 8.42 Å². The van der Waals surface area contributed by atoms with Gasteiger partial charge in [0.25, 0.3) is 10.0 Å². The highest BCUT2D eigenvalue weighted by Gasteiger charge is 2.32. The summed E-state index contributed by atoms with van der Waals surface area (Å²) in [5.74, 6) is 0. The molecular formula is C14H11ClF3NO2S. The lowest BCUT2D eigenvalue weighted by Gasteiger charge is -2.21. The smallest absolute Gasteiger partial charge is 0.268 e. The van der Waals surface area contributed by atoms with Crippen LogP contribution in [0.4, 0.5) is 18.9 Å². The van der Waals surface area contributed by atoms with E-state index < -0.39 is 21.8 Å². The van der Waals surface area contributed by atoms with Gasteiger partial charge in [-0.15, -0.1) is 0 Å². The van der Waals surface area contributed by atoms with E-state index in [-0.39, 0.29) is 15.6 Å². The minimum Gasteiger partial charge on any atom is -0.268 e. The van der Waals surface area contributed by atoms with Crippen molar-refractivity contribution < 1.29 is 21.6 Å². The molecule has 0 aliphatic heterocycles. The van der Waals surface area contributed by atoms with Crippen molar-refractivity contribution in [1.29, 1.82) is 0 Å². The van der Waals surface area contributed by atoms with Crippen molar-refractivity contribution in [1.82, 2.24) is 0 Å². The van der Waals surface area contributed by atoms with Crippen LogP contribution in [0.1, 0.15) is 5.56 Å². The number of sulfonamides is 1. The van der Waals surface area contributed by atoms with Crippen molar-refractivity contribution in [2.45, 2.75) is 11.1 Å². The average molecular weight is 350 g/mol. The second kappa shape index (κ2) is 5.81. The second-order valence-electron chi connectivity index (χ2n) is 4.45. The van der Waals surface area contributed by atoms with Crippen LogP contribution >= 0.6 is 11.6 Å². The maximum atomic E-state index is 12.8. The highest BCUT2D eigenvalue weighted by Crippen LogP contribution is 2.36. The Balaban J connectivity index is 2.52. The molecule has 8 heteroatoms. The van der Waals surface area contributed by atoms with Crippen LogP contribution in [-0.2, 0) is 16.2 Å². The van der Waals surface area contributed by atoms with Crippen LogP contribution < -0.4 is 4.31 Å². The zero-order chi connectivity index (χ0) is 16.5. The zero-order valence-corrected chi connectivity index (χ0v) is 12.9. The maximum Gasteiger partial charge on any atom is 0.416 e. The number of hydrogen-bond donors (Lipinski definition) is 0. The van der Waals surface area contributed by atoms with Gasteiger partial charge in [0.1, 0.15) is 0 Å². The molecule has 0 N–H and O–H groups in total. The van der Waals surface area contributed by atoms with Crippen molar-refractivity contribution in [3.8, 4) is 0 Å². The van der Waals surface area contributed by atoms with E-state index in [0.29, 0.717) is 6.07 Å². The first-order valence-corrected chi connectivity index (χ1v) is 7.86. The summed E-state index contributed by atoms with van der Waals surface area (Å²) in [4.78, 5) is -0.0361. The molecule has 0 aliphatic carbocycles. The molecule has 3 nitrogen and oxygen atoms in total. The molecule has 0 bridgehead atoms. The molecule has 0 atom stereocenters. The molecule has 0 spiro atoms. The largest absolute Gasteiger partial charge is 0.416 e. The van der Waals surface area contributed by atoms with E-state index >= 15 is 0 Å². The molecule has 2 rings (SSSR count). The van der Waals surface area contributed by atoms with E-state index in [0.717, 1.165) is 23.5 Å². The van der Waals surface area contributed by atoms with Gasteiger partial charge in [0, 0.05) is 7.05 Å². The first-order chi connectivity index (χ1) is 10.1. The van der Waals surface area contributed by atoms with Gasteiger partial charge in [-0.05, 0) is 30.3 Å². The number of rotatable bonds is 3. The third-order valence-electron chi connectivity index (χ3n) is 3.01. The lowest BCUT2D eigenvalue weighted by atomic mass is 10.2. The fourth-order valence-corrected chi connectivity index (χ4v) is 3.33. The first kappa shape index (κ1) is 16.6. The van der Waals surface area contributed by atoms with Crippen LogP contribution in [0, 0.1) is 0 Å². The summed E-state index contributed by atoms with van der Waals surface area (Å²) in [5, 5.41) is -0.0880. The Morgan fingerprint density at radius 2 is 1.64 bits per heavy atom. The number of anilines is 1. The Labute approximate surface area is 131 Å². The maximum absolute atomic E-state index is 12.8. The normalized spacial score (nSPS) is 12.2. The molecule has 0 heterocycles. The molecule has 118 valence electrons. The molecule has 0 fully saturated rings. The monoisotopic (exact) mass is 349 g/mol. The van der Waals surface area contributed by atoms with Crippen LogP contribution in [0.25, 0.3) is 0 Å². The molecular weight excluding hydrogens is 339 g/mol. The Hall–Kier alpha value is -1.73. The Morgan fingerprint density at radius 1 is 1.05 bits per heavy atom. The van der Waals surface area contributed by atoms with Crippen LogP contribution in [0.3, 0.4) is 0 Å². The molecule has 22 heavy (non-hydrogen) atoms. The molecule has 0 saturated carbocycles.